The van der Waals surface area contributed by atoms with Gasteiger partial charge < -0.3 is 10.2 Å². The highest BCUT2D eigenvalue weighted by Crippen LogP contribution is 2.30. The lowest BCUT2D eigenvalue weighted by Crippen LogP contribution is -2.32. The van der Waals surface area contributed by atoms with Crippen LogP contribution in [0.1, 0.15) is 29.2 Å². The van der Waals surface area contributed by atoms with Crippen LogP contribution in [-0.2, 0) is 6.18 Å². The molecule has 2 aromatic carbocycles. The summed E-state index contributed by atoms with van der Waals surface area (Å²) in [6.07, 6.45) is -2.31. The molecule has 0 fully saturated rings. The van der Waals surface area contributed by atoms with Crippen molar-refractivity contribution in [3.8, 4) is 5.75 Å². The maximum atomic E-state index is 12.6. The van der Waals surface area contributed by atoms with Gasteiger partial charge in [0.1, 0.15) is 5.75 Å². The Labute approximate surface area is 150 Å². The topological polar surface area (TPSA) is 43.7 Å². The highest BCUT2D eigenvalue weighted by molar-refractivity contribution is 5.67. The van der Waals surface area contributed by atoms with Crippen molar-refractivity contribution in [3.05, 3.63) is 71.3 Å². The first-order valence-electron chi connectivity index (χ1n) is 8.39. The second-order valence-electron chi connectivity index (χ2n) is 6.42. The van der Waals surface area contributed by atoms with Gasteiger partial charge in [0.05, 0.1) is 11.7 Å². The average molecular weight is 363 g/mol. The monoisotopic (exact) mass is 363 g/mol. The maximum absolute atomic E-state index is 12.6. The molecular weight excluding hydrogens is 343 g/mol. The van der Waals surface area contributed by atoms with Crippen LogP contribution in [0.25, 0.3) is 5.57 Å². The van der Waals surface area contributed by atoms with Gasteiger partial charge >= 0.3 is 6.18 Å². The van der Waals surface area contributed by atoms with Gasteiger partial charge in [0, 0.05) is 19.6 Å². The normalized spacial score (nSPS) is 17.0. The van der Waals surface area contributed by atoms with E-state index in [2.05, 4.69) is 11.0 Å². The first-order chi connectivity index (χ1) is 12.3. The van der Waals surface area contributed by atoms with Gasteiger partial charge in [-0.15, -0.1) is 0 Å². The van der Waals surface area contributed by atoms with E-state index in [-0.39, 0.29) is 5.75 Å². The zero-order valence-corrected chi connectivity index (χ0v) is 14.1. The summed E-state index contributed by atoms with van der Waals surface area (Å²) in [6.45, 7) is 1.78. The smallest absolute Gasteiger partial charge is 0.416 e. The number of β-amino-alcohol motifs (C(OH)–C–C–N with tert-alkyl or cyclic N) is 1. The van der Waals surface area contributed by atoms with Gasteiger partial charge in [-0.3, -0.25) is 4.90 Å². The predicted octanol–water partition coefficient (Wildman–Crippen LogP) is 4.23. The van der Waals surface area contributed by atoms with E-state index in [0.29, 0.717) is 18.7 Å². The summed E-state index contributed by atoms with van der Waals surface area (Å²) < 4.78 is 37.8. The Morgan fingerprint density at radius 3 is 2.19 bits per heavy atom. The molecule has 1 aliphatic rings. The fourth-order valence-electron chi connectivity index (χ4n) is 3.06. The molecule has 0 amide bonds. The Hall–Kier alpha value is -2.31. The van der Waals surface area contributed by atoms with Crippen LogP contribution in [0.15, 0.2) is 54.6 Å². The van der Waals surface area contributed by atoms with Crippen LogP contribution in [0.2, 0.25) is 0 Å². The zero-order chi connectivity index (χ0) is 18.7. The molecule has 3 rings (SSSR count). The van der Waals surface area contributed by atoms with Gasteiger partial charge in [-0.25, -0.2) is 0 Å². The lowest BCUT2D eigenvalue weighted by Gasteiger charge is -2.28. The Morgan fingerprint density at radius 1 is 1.00 bits per heavy atom. The molecule has 0 bridgehead atoms. The number of phenolic OH excluding ortho intramolecular Hbond substituents is 1. The van der Waals surface area contributed by atoms with E-state index in [1.54, 1.807) is 12.1 Å². The summed E-state index contributed by atoms with van der Waals surface area (Å²) in [5, 5.41) is 19.7. The summed E-state index contributed by atoms with van der Waals surface area (Å²) in [5.74, 6) is 0.228. The molecule has 138 valence electrons. The predicted molar refractivity (Wildman–Crippen MR) is 93.5 cm³/mol. The molecule has 2 aromatic rings. The Bertz CT molecular complexity index is 767. The van der Waals surface area contributed by atoms with Gasteiger partial charge in [0.15, 0.2) is 0 Å². The van der Waals surface area contributed by atoms with Crippen LogP contribution < -0.4 is 0 Å². The van der Waals surface area contributed by atoms with Crippen molar-refractivity contribution in [2.24, 2.45) is 0 Å². The van der Waals surface area contributed by atoms with Crippen LogP contribution in [-0.4, -0.2) is 34.7 Å². The van der Waals surface area contributed by atoms with E-state index in [0.717, 1.165) is 30.7 Å². The quantitative estimate of drug-likeness (QED) is 0.854. The standard InChI is InChI=1S/C20H20F3NO2/c21-20(22,23)17-5-1-16(2-6-17)19(26)13-24-11-9-15(10-12-24)14-3-7-18(25)8-4-14/h1-9,19,25-26H,10-13H2. The average Bonchev–Trinajstić information content (AvgIpc) is 2.62. The fourth-order valence-corrected chi connectivity index (χ4v) is 3.06. The van der Waals surface area contributed by atoms with Crippen molar-refractivity contribution in [3.63, 3.8) is 0 Å². The number of halogens is 3. The highest BCUT2D eigenvalue weighted by Gasteiger charge is 2.30. The van der Waals surface area contributed by atoms with Crippen LogP contribution in [0.4, 0.5) is 13.2 Å². The van der Waals surface area contributed by atoms with E-state index in [9.17, 15) is 23.4 Å². The van der Waals surface area contributed by atoms with Crippen molar-refractivity contribution >= 4 is 5.57 Å². The van der Waals surface area contributed by atoms with Crippen LogP contribution in [0.3, 0.4) is 0 Å². The Morgan fingerprint density at radius 2 is 1.65 bits per heavy atom. The molecule has 1 atom stereocenters. The van der Waals surface area contributed by atoms with E-state index in [1.165, 1.54) is 17.7 Å². The zero-order valence-electron chi connectivity index (χ0n) is 14.1. The number of aliphatic hydroxyl groups is 1. The number of phenols is 1. The van der Waals surface area contributed by atoms with Gasteiger partial charge in [-0.2, -0.15) is 13.2 Å². The number of aromatic hydroxyl groups is 1. The molecule has 0 aliphatic carbocycles. The van der Waals surface area contributed by atoms with Gasteiger partial charge in [0.25, 0.3) is 0 Å². The number of aliphatic hydroxyl groups excluding tert-OH is 1. The molecule has 26 heavy (non-hydrogen) atoms. The summed E-state index contributed by atoms with van der Waals surface area (Å²) in [5.41, 5.74) is 2.01. The molecule has 0 aromatic heterocycles. The Kier molecular flexibility index (Phi) is 5.34. The van der Waals surface area contributed by atoms with E-state index < -0.39 is 17.8 Å². The van der Waals surface area contributed by atoms with Crippen molar-refractivity contribution in [1.82, 2.24) is 4.90 Å². The van der Waals surface area contributed by atoms with Crippen molar-refractivity contribution in [1.29, 1.82) is 0 Å². The molecule has 1 aliphatic heterocycles. The molecule has 1 heterocycles. The fraction of sp³-hybridized carbons (Fsp3) is 0.300. The number of benzene rings is 2. The van der Waals surface area contributed by atoms with Crippen LogP contribution in [0.5, 0.6) is 5.75 Å². The number of alkyl halides is 3. The number of hydrogen-bond donors (Lipinski definition) is 2. The summed E-state index contributed by atoms with van der Waals surface area (Å²) in [4.78, 5) is 2.06. The third-order valence-electron chi connectivity index (χ3n) is 4.59. The molecular formula is C20H20F3NO2. The van der Waals surface area contributed by atoms with Crippen LogP contribution >= 0.6 is 0 Å². The maximum Gasteiger partial charge on any atom is 0.416 e. The third-order valence-corrected chi connectivity index (χ3v) is 4.59. The molecule has 0 spiro atoms. The first kappa shape index (κ1) is 18.5. The lowest BCUT2D eigenvalue weighted by atomic mass is 9.99. The number of nitrogens with zero attached hydrogens (tertiary/aromatic N) is 1. The molecule has 0 saturated carbocycles. The SMILES string of the molecule is Oc1ccc(C2=CCN(CC(O)c3ccc(C(F)(F)F)cc3)CC2)cc1. The van der Waals surface area contributed by atoms with Crippen molar-refractivity contribution < 1.29 is 23.4 Å². The number of rotatable bonds is 4. The van der Waals surface area contributed by atoms with Gasteiger partial charge in [-0.05, 0) is 47.4 Å². The second-order valence-corrected chi connectivity index (χ2v) is 6.42. The molecule has 3 nitrogen and oxygen atoms in total. The summed E-state index contributed by atoms with van der Waals surface area (Å²) >= 11 is 0. The van der Waals surface area contributed by atoms with Gasteiger partial charge in [-0.1, -0.05) is 30.3 Å². The van der Waals surface area contributed by atoms with E-state index in [4.69, 9.17) is 0 Å². The van der Waals surface area contributed by atoms with E-state index in [1.807, 2.05) is 12.1 Å². The third kappa shape index (κ3) is 4.45. The van der Waals surface area contributed by atoms with Crippen molar-refractivity contribution in [2.75, 3.05) is 19.6 Å². The summed E-state index contributed by atoms with van der Waals surface area (Å²) in [6, 6.07) is 11.7. The highest BCUT2D eigenvalue weighted by atomic mass is 19.4. The molecule has 1 unspecified atom stereocenters. The van der Waals surface area contributed by atoms with Crippen molar-refractivity contribution in [2.45, 2.75) is 18.7 Å². The minimum atomic E-state index is -4.37. The Balaban J connectivity index is 1.59. The van der Waals surface area contributed by atoms with E-state index >= 15 is 0 Å². The minimum Gasteiger partial charge on any atom is -0.508 e. The molecule has 2 N–H and O–H groups in total. The second kappa shape index (κ2) is 7.51. The largest absolute Gasteiger partial charge is 0.508 e. The molecule has 0 radical (unpaired) electrons. The minimum absolute atomic E-state index is 0.228. The number of hydrogen-bond acceptors (Lipinski definition) is 3. The summed E-state index contributed by atoms with van der Waals surface area (Å²) in [7, 11) is 0. The van der Waals surface area contributed by atoms with Gasteiger partial charge in [0.2, 0.25) is 0 Å². The van der Waals surface area contributed by atoms with Crippen LogP contribution in [0, 0.1) is 0 Å². The molecule has 0 saturated heterocycles. The first-order valence-corrected chi connectivity index (χ1v) is 8.39. The molecule has 6 heteroatoms. The lowest BCUT2D eigenvalue weighted by molar-refractivity contribution is -0.137.